The van der Waals surface area contributed by atoms with Crippen molar-refractivity contribution < 1.29 is 22.0 Å². The number of primary sulfonamides is 1. The number of likely N-dealkylation sites (tertiary alicyclic amines) is 1. The van der Waals surface area contributed by atoms with Gasteiger partial charge in [0.05, 0.1) is 10.5 Å². The van der Waals surface area contributed by atoms with E-state index in [1.54, 1.807) is 0 Å². The second-order valence-corrected chi connectivity index (χ2v) is 6.23. The molecule has 8 heteroatoms. The third kappa shape index (κ3) is 2.96. The summed E-state index contributed by atoms with van der Waals surface area (Å²) in [6, 6.07) is 1.25. The molecule has 0 radical (unpaired) electrons. The van der Waals surface area contributed by atoms with Crippen LogP contribution in [0.25, 0.3) is 0 Å². The Morgan fingerprint density at radius 3 is 2.30 bits per heavy atom. The van der Waals surface area contributed by atoms with Crippen molar-refractivity contribution in [1.29, 1.82) is 0 Å². The fraction of sp³-hybridized carbons (Fsp3) is 0.417. The Morgan fingerprint density at radius 2 is 1.75 bits per heavy atom. The number of amides is 1. The van der Waals surface area contributed by atoms with E-state index in [4.69, 9.17) is 5.14 Å². The Balaban J connectivity index is 2.44. The van der Waals surface area contributed by atoms with Gasteiger partial charge >= 0.3 is 0 Å². The van der Waals surface area contributed by atoms with Gasteiger partial charge in [0.25, 0.3) is 5.91 Å². The molecule has 0 aromatic heterocycles. The Hall–Kier alpha value is -1.54. The zero-order valence-corrected chi connectivity index (χ0v) is 11.4. The van der Waals surface area contributed by atoms with Gasteiger partial charge in [-0.25, -0.2) is 22.3 Å². The molecule has 0 unspecified atom stereocenters. The molecular weight excluding hydrogens is 290 g/mol. The summed E-state index contributed by atoms with van der Waals surface area (Å²) in [6.07, 6.45) is 2.54. The van der Waals surface area contributed by atoms with Crippen LogP contribution in [0.15, 0.2) is 17.0 Å². The van der Waals surface area contributed by atoms with Crippen LogP contribution in [0.4, 0.5) is 8.78 Å². The summed E-state index contributed by atoms with van der Waals surface area (Å²) in [6.45, 7) is 0.888. The number of hydrogen-bond acceptors (Lipinski definition) is 3. The monoisotopic (exact) mass is 304 g/mol. The molecule has 0 saturated carbocycles. The maximum atomic E-state index is 13.7. The van der Waals surface area contributed by atoms with Gasteiger partial charge in [0.15, 0.2) is 11.6 Å². The second-order valence-electron chi connectivity index (χ2n) is 4.66. The van der Waals surface area contributed by atoms with Crippen LogP contribution in [0, 0.1) is 11.6 Å². The SMILES string of the molecule is NS(=O)(=O)c1cc(F)c(F)c(C(=O)N2CCCCC2)c1. The van der Waals surface area contributed by atoms with E-state index >= 15 is 0 Å². The van der Waals surface area contributed by atoms with Crippen molar-refractivity contribution in [3.8, 4) is 0 Å². The largest absolute Gasteiger partial charge is 0.339 e. The number of nitrogens with zero attached hydrogens (tertiary/aromatic N) is 1. The highest BCUT2D eigenvalue weighted by Crippen LogP contribution is 2.21. The van der Waals surface area contributed by atoms with E-state index in [0.717, 1.165) is 25.3 Å². The van der Waals surface area contributed by atoms with Gasteiger partial charge < -0.3 is 4.90 Å². The highest BCUT2D eigenvalue weighted by molar-refractivity contribution is 7.89. The van der Waals surface area contributed by atoms with Crippen molar-refractivity contribution in [3.63, 3.8) is 0 Å². The normalized spacial score (nSPS) is 16.2. The van der Waals surface area contributed by atoms with Gasteiger partial charge in [-0.15, -0.1) is 0 Å². The van der Waals surface area contributed by atoms with E-state index in [2.05, 4.69) is 0 Å². The van der Waals surface area contributed by atoms with Crippen LogP contribution in [0.2, 0.25) is 0 Å². The predicted molar refractivity (Wildman–Crippen MR) is 67.5 cm³/mol. The van der Waals surface area contributed by atoms with Gasteiger partial charge in [0.2, 0.25) is 10.0 Å². The first-order valence-electron chi connectivity index (χ1n) is 6.12. The molecule has 1 amide bonds. The van der Waals surface area contributed by atoms with Gasteiger partial charge in [-0.3, -0.25) is 4.79 Å². The minimum Gasteiger partial charge on any atom is -0.339 e. The molecule has 0 atom stereocenters. The summed E-state index contributed by atoms with van der Waals surface area (Å²) in [5, 5.41) is 4.88. The number of carbonyl (C=O) groups excluding carboxylic acids is 1. The standard InChI is InChI=1S/C12H14F2N2O3S/c13-10-7-8(20(15,18)19)6-9(11(10)14)12(17)16-4-2-1-3-5-16/h6-7H,1-5H2,(H2,15,18,19). The molecule has 0 bridgehead atoms. The average Bonchev–Trinajstić information content (AvgIpc) is 2.40. The molecule has 5 nitrogen and oxygen atoms in total. The number of sulfonamides is 1. The van der Waals surface area contributed by atoms with Crippen LogP contribution >= 0.6 is 0 Å². The first-order chi connectivity index (χ1) is 9.30. The lowest BCUT2D eigenvalue weighted by Crippen LogP contribution is -2.36. The van der Waals surface area contributed by atoms with E-state index in [0.29, 0.717) is 19.2 Å². The first-order valence-corrected chi connectivity index (χ1v) is 7.66. The number of hydrogen-bond donors (Lipinski definition) is 1. The topological polar surface area (TPSA) is 80.5 Å². The molecule has 110 valence electrons. The molecule has 1 aromatic carbocycles. The first kappa shape index (κ1) is 14.9. The van der Waals surface area contributed by atoms with Crippen LogP contribution in [0.1, 0.15) is 29.6 Å². The average molecular weight is 304 g/mol. The molecule has 1 aliphatic heterocycles. The minimum atomic E-state index is -4.21. The van der Waals surface area contributed by atoms with Crippen molar-refractivity contribution in [2.24, 2.45) is 5.14 Å². The summed E-state index contributed by atoms with van der Waals surface area (Å²) < 4.78 is 49.6. The number of carbonyl (C=O) groups is 1. The quantitative estimate of drug-likeness (QED) is 0.892. The van der Waals surface area contributed by atoms with Crippen LogP contribution in [0.3, 0.4) is 0 Å². The lowest BCUT2D eigenvalue weighted by atomic mass is 10.1. The number of rotatable bonds is 2. The Labute approximate surface area is 115 Å². The maximum Gasteiger partial charge on any atom is 0.256 e. The van der Waals surface area contributed by atoms with Crippen molar-refractivity contribution in [3.05, 3.63) is 29.3 Å². The second kappa shape index (κ2) is 5.45. The zero-order chi connectivity index (χ0) is 14.9. The van der Waals surface area contributed by atoms with E-state index in [-0.39, 0.29) is 0 Å². The molecule has 1 heterocycles. The fourth-order valence-electron chi connectivity index (χ4n) is 2.15. The summed E-state index contributed by atoms with van der Waals surface area (Å²) in [5.41, 5.74) is -0.601. The van der Waals surface area contributed by atoms with Gasteiger partial charge in [-0.05, 0) is 31.4 Å². The predicted octanol–water partition coefficient (Wildman–Crippen LogP) is 1.24. The van der Waals surface area contributed by atoms with Crippen LogP contribution in [0.5, 0.6) is 0 Å². The van der Waals surface area contributed by atoms with Crippen molar-refractivity contribution >= 4 is 15.9 Å². The summed E-state index contributed by atoms with van der Waals surface area (Å²) in [5.74, 6) is -3.48. The van der Waals surface area contributed by atoms with Gasteiger partial charge in [0.1, 0.15) is 0 Å². The number of nitrogens with two attached hydrogens (primary N) is 1. The molecule has 1 aliphatic rings. The number of benzene rings is 1. The van der Waals surface area contributed by atoms with E-state index in [1.165, 1.54) is 4.90 Å². The van der Waals surface area contributed by atoms with E-state index < -0.39 is 38.0 Å². The summed E-state index contributed by atoms with van der Waals surface area (Å²) in [4.78, 5) is 12.9. The third-order valence-corrected chi connectivity index (χ3v) is 4.10. The smallest absolute Gasteiger partial charge is 0.256 e. The Morgan fingerprint density at radius 1 is 1.15 bits per heavy atom. The Kier molecular flexibility index (Phi) is 4.05. The number of halogens is 2. The fourth-order valence-corrected chi connectivity index (χ4v) is 2.70. The molecule has 2 rings (SSSR count). The maximum absolute atomic E-state index is 13.7. The zero-order valence-electron chi connectivity index (χ0n) is 10.6. The highest BCUT2D eigenvalue weighted by Gasteiger charge is 2.25. The molecule has 1 saturated heterocycles. The van der Waals surface area contributed by atoms with Crippen molar-refractivity contribution in [1.82, 2.24) is 4.90 Å². The van der Waals surface area contributed by atoms with Gasteiger partial charge in [-0.1, -0.05) is 0 Å². The molecule has 1 fully saturated rings. The van der Waals surface area contributed by atoms with E-state index in [9.17, 15) is 22.0 Å². The molecule has 20 heavy (non-hydrogen) atoms. The van der Waals surface area contributed by atoms with Crippen LogP contribution in [-0.2, 0) is 10.0 Å². The van der Waals surface area contributed by atoms with Crippen LogP contribution < -0.4 is 5.14 Å². The van der Waals surface area contributed by atoms with Crippen molar-refractivity contribution in [2.45, 2.75) is 24.2 Å². The molecule has 0 spiro atoms. The van der Waals surface area contributed by atoms with Gasteiger partial charge in [-0.2, -0.15) is 0 Å². The lowest BCUT2D eigenvalue weighted by molar-refractivity contribution is 0.0718. The van der Waals surface area contributed by atoms with E-state index in [1.807, 2.05) is 0 Å². The highest BCUT2D eigenvalue weighted by atomic mass is 32.2. The number of piperidine rings is 1. The molecule has 1 aromatic rings. The molecular formula is C12H14F2N2O3S. The lowest BCUT2D eigenvalue weighted by Gasteiger charge is -2.27. The summed E-state index contributed by atoms with van der Waals surface area (Å²) >= 11 is 0. The molecule has 2 N–H and O–H groups in total. The summed E-state index contributed by atoms with van der Waals surface area (Å²) in [7, 11) is -4.21. The van der Waals surface area contributed by atoms with Crippen molar-refractivity contribution in [2.75, 3.05) is 13.1 Å². The minimum absolute atomic E-state index is 0.444. The van der Waals surface area contributed by atoms with Crippen LogP contribution in [-0.4, -0.2) is 32.3 Å². The Bertz CT molecular complexity index is 640. The third-order valence-electron chi connectivity index (χ3n) is 3.20. The molecule has 0 aliphatic carbocycles. The van der Waals surface area contributed by atoms with Gasteiger partial charge in [0, 0.05) is 13.1 Å².